The van der Waals surface area contributed by atoms with Crippen LogP contribution in [0.5, 0.6) is 0 Å². The Morgan fingerprint density at radius 2 is 2.08 bits per heavy atom. The number of alkyl halides is 3. The number of nitrogens with two attached hydrogens (primary N) is 1. The molecule has 0 radical (unpaired) electrons. The Kier molecular flexibility index (Phi) is 2.94. The third-order valence-electron chi connectivity index (χ3n) is 1.47. The quantitative estimate of drug-likeness (QED) is 0.783. The molecule has 0 saturated heterocycles. The molecule has 13 heavy (non-hydrogen) atoms. The van der Waals surface area contributed by atoms with E-state index in [2.05, 4.69) is 0 Å². The molecule has 0 spiro atoms. The minimum atomic E-state index is -4.32. The molecule has 0 amide bonds. The fourth-order valence-corrected chi connectivity index (χ4v) is 1.66. The average molecular weight is 211 g/mol. The summed E-state index contributed by atoms with van der Waals surface area (Å²) in [7, 11) is 0. The molecule has 3 N–H and O–H groups in total. The third kappa shape index (κ3) is 2.43. The highest BCUT2D eigenvalue weighted by Crippen LogP contribution is 2.35. The lowest BCUT2D eigenvalue weighted by Crippen LogP contribution is -2.12. The Balaban J connectivity index is 2.87. The van der Waals surface area contributed by atoms with E-state index in [1.165, 1.54) is 6.07 Å². The van der Waals surface area contributed by atoms with Crippen LogP contribution < -0.4 is 5.73 Å². The molecular weight excluding hydrogens is 203 g/mol. The van der Waals surface area contributed by atoms with E-state index in [9.17, 15) is 13.2 Å². The van der Waals surface area contributed by atoms with Crippen LogP contribution in [-0.2, 0) is 6.18 Å². The zero-order valence-electron chi connectivity index (χ0n) is 6.51. The molecule has 0 aliphatic rings. The molecule has 0 aliphatic carbocycles. The maximum Gasteiger partial charge on any atom is 0.425 e. The predicted molar refractivity (Wildman–Crippen MR) is 43.3 cm³/mol. The van der Waals surface area contributed by atoms with Crippen molar-refractivity contribution in [2.45, 2.75) is 12.2 Å². The van der Waals surface area contributed by atoms with Gasteiger partial charge in [-0.2, -0.15) is 13.2 Å². The van der Waals surface area contributed by atoms with Gasteiger partial charge in [0.2, 0.25) is 0 Å². The molecule has 2 nitrogen and oxygen atoms in total. The second-order valence-corrected chi connectivity index (χ2v) is 3.60. The minimum Gasteiger partial charge on any atom is -0.394 e. The van der Waals surface area contributed by atoms with Crippen molar-refractivity contribution in [3.63, 3.8) is 0 Å². The van der Waals surface area contributed by atoms with Crippen molar-refractivity contribution in [2.75, 3.05) is 6.61 Å². The van der Waals surface area contributed by atoms with Gasteiger partial charge in [-0.05, 0) is 12.1 Å². The molecule has 1 aromatic rings. The lowest BCUT2D eigenvalue weighted by atomic mass is 10.3. The van der Waals surface area contributed by atoms with Crippen LogP contribution in [0.3, 0.4) is 0 Å². The first kappa shape index (κ1) is 10.5. The summed E-state index contributed by atoms with van der Waals surface area (Å²) >= 11 is 0.562. The van der Waals surface area contributed by atoms with E-state index < -0.39 is 17.1 Å². The molecule has 0 fully saturated rings. The number of halogens is 3. The third-order valence-corrected chi connectivity index (χ3v) is 2.73. The maximum absolute atomic E-state index is 12.1. The second kappa shape index (κ2) is 3.65. The number of rotatable bonds is 2. The van der Waals surface area contributed by atoms with Gasteiger partial charge in [-0.3, -0.25) is 0 Å². The Hall–Kier alpha value is -0.590. The van der Waals surface area contributed by atoms with Gasteiger partial charge in [0.05, 0.1) is 12.6 Å². The van der Waals surface area contributed by atoms with Crippen molar-refractivity contribution >= 4 is 11.3 Å². The Bertz CT molecular complexity index is 284. The van der Waals surface area contributed by atoms with Crippen LogP contribution in [0.1, 0.15) is 15.8 Å². The number of hydrogen-bond donors (Lipinski definition) is 2. The van der Waals surface area contributed by atoms with Crippen molar-refractivity contribution in [1.82, 2.24) is 0 Å². The maximum atomic E-state index is 12.1. The van der Waals surface area contributed by atoms with Gasteiger partial charge in [0.15, 0.2) is 0 Å². The Morgan fingerprint density at radius 1 is 1.46 bits per heavy atom. The highest BCUT2D eigenvalue weighted by atomic mass is 32.1. The molecule has 0 unspecified atom stereocenters. The molecular formula is C7H8F3NOS. The van der Waals surface area contributed by atoms with E-state index >= 15 is 0 Å². The van der Waals surface area contributed by atoms with Crippen LogP contribution in [0.15, 0.2) is 12.1 Å². The molecule has 0 aliphatic heterocycles. The first-order chi connectivity index (χ1) is 5.95. The van der Waals surface area contributed by atoms with Gasteiger partial charge < -0.3 is 10.8 Å². The van der Waals surface area contributed by atoms with E-state index in [-0.39, 0.29) is 6.61 Å². The van der Waals surface area contributed by atoms with Crippen molar-refractivity contribution in [3.8, 4) is 0 Å². The van der Waals surface area contributed by atoms with E-state index in [0.29, 0.717) is 16.2 Å². The Morgan fingerprint density at radius 3 is 2.46 bits per heavy atom. The first-order valence-electron chi connectivity index (χ1n) is 3.48. The topological polar surface area (TPSA) is 46.2 Å². The van der Waals surface area contributed by atoms with Gasteiger partial charge in [0, 0.05) is 4.88 Å². The van der Waals surface area contributed by atoms with Crippen LogP contribution >= 0.6 is 11.3 Å². The summed E-state index contributed by atoms with van der Waals surface area (Å²) in [5.41, 5.74) is 5.34. The first-order valence-corrected chi connectivity index (χ1v) is 4.30. The molecule has 0 bridgehead atoms. The van der Waals surface area contributed by atoms with Crippen molar-refractivity contribution < 1.29 is 18.3 Å². The zero-order valence-corrected chi connectivity index (χ0v) is 7.32. The summed E-state index contributed by atoms with van der Waals surface area (Å²) in [5.74, 6) is 0. The predicted octanol–water partition coefficient (Wildman–Crippen LogP) is 1.76. The second-order valence-electron chi connectivity index (χ2n) is 2.49. The summed E-state index contributed by atoms with van der Waals surface area (Å²) in [6.45, 7) is -0.349. The molecule has 1 heterocycles. The van der Waals surface area contributed by atoms with E-state index in [1.54, 1.807) is 0 Å². The van der Waals surface area contributed by atoms with E-state index in [0.717, 1.165) is 6.07 Å². The van der Waals surface area contributed by atoms with Gasteiger partial charge in [-0.15, -0.1) is 11.3 Å². The van der Waals surface area contributed by atoms with Crippen molar-refractivity contribution in [3.05, 3.63) is 21.9 Å². The lowest BCUT2D eigenvalue weighted by Gasteiger charge is -2.04. The molecule has 1 atom stereocenters. The van der Waals surface area contributed by atoms with Gasteiger partial charge in [0.1, 0.15) is 4.88 Å². The number of hydrogen-bond acceptors (Lipinski definition) is 3. The molecule has 1 rings (SSSR count). The fraction of sp³-hybridized carbons (Fsp3) is 0.429. The van der Waals surface area contributed by atoms with Gasteiger partial charge >= 0.3 is 6.18 Å². The molecule has 6 heteroatoms. The van der Waals surface area contributed by atoms with Crippen molar-refractivity contribution in [2.24, 2.45) is 5.73 Å². The molecule has 74 valence electrons. The van der Waals surface area contributed by atoms with Gasteiger partial charge in [0.25, 0.3) is 0 Å². The van der Waals surface area contributed by atoms with E-state index in [4.69, 9.17) is 10.8 Å². The monoisotopic (exact) mass is 211 g/mol. The zero-order chi connectivity index (χ0) is 10.1. The minimum absolute atomic E-state index is 0.342. The standard InChI is InChI=1S/C7H8F3NOS/c8-7(9,10)6-2-1-5(13-6)4(11)3-12/h1-2,4,12H,3,11H2/t4-/m0/s1. The smallest absolute Gasteiger partial charge is 0.394 e. The van der Waals surface area contributed by atoms with E-state index in [1.807, 2.05) is 0 Å². The van der Waals surface area contributed by atoms with Gasteiger partial charge in [-0.25, -0.2) is 0 Å². The number of aliphatic hydroxyl groups is 1. The summed E-state index contributed by atoms with van der Waals surface area (Å²) in [4.78, 5) is -0.346. The van der Waals surface area contributed by atoms with Crippen LogP contribution in [0.4, 0.5) is 13.2 Å². The van der Waals surface area contributed by atoms with Crippen molar-refractivity contribution in [1.29, 1.82) is 0 Å². The average Bonchev–Trinajstić information content (AvgIpc) is 2.50. The fourth-order valence-electron chi connectivity index (χ4n) is 0.794. The van der Waals surface area contributed by atoms with Crippen LogP contribution in [0, 0.1) is 0 Å². The highest BCUT2D eigenvalue weighted by Gasteiger charge is 2.32. The van der Waals surface area contributed by atoms with Crippen LogP contribution in [-0.4, -0.2) is 11.7 Å². The SMILES string of the molecule is N[C@@H](CO)c1ccc(C(F)(F)F)s1. The lowest BCUT2D eigenvalue weighted by molar-refractivity contribution is -0.134. The Labute approximate surface area is 76.8 Å². The molecule has 0 saturated carbocycles. The summed E-state index contributed by atoms with van der Waals surface area (Å²) in [6, 6.07) is 1.53. The number of thiophene rings is 1. The summed E-state index contributed by atoms with van der Waals surface area (Å²) < 4.78 is 36.2. The largest absolute Gasteiger partial charge is 0.425 e. The summed E-state index contributed by atoms with van der Waals surface area (Å²) in [6.07, 6.45) is -4.32. The van der Waals surface area contributed by atoms with Crippen LogP contribution in [0.25, 0.3) is 0 Å². The van der Waals surface area contributed by atoms with Gasteiger partial charge in [-0.1, -0.05) is 0 Å². The highest BCUT2D eigenvalue weighted by molar-refractivity contribution is 7.12. The molecule has 0 aromatic carbocycles. The van der Waals surface area contributed by atoms with Crippen LogP contribution in [0.2, 0.25) is 0 Å². The summed E-state index contributed by atoms with van der Waals surface area (Å²) in [5, 5.41) is 8.60. The molecule has 1 aromatic heterocycles. The normalized spacial score (nSPS) is 14.5. The number of aliphatic hydroxyl groups excluding tert-OH is 1.